The van der Waals surface area contributed by atoms with Crippen molar-refractivity contribution in [1.82, 2.24) is 0 Å². The van der Waals surface area contributed by atoms with E-state index in [0.717, 1.165) is 0 Å². The zero-order valence-corrected chi connectivity index (χ0v) is 8.90. The zero-order valence-electron chi connectivity index (χ0n) is 8.90. The van der Waals surface area contributed by atoms with Crippen molar-refractivity contribution in [3.63, 3.8) is 0 Å². The first kappa shape index (κ1) is 12.0. The monoisotopic (exact) mass is 220 g/mol. The van der Waals surface area contributed by atoms with E-state index in [9.17, 15) is 9.59 Å². The van der Waals surface area contributed by atoms with Crippen LogP contribution in [0.4, 0.5) is 0 Å². The largest absolute Gasteiger partial charge is 0.481 e. The van der Waals surface area contributed by atoms with Gasteiger partial charge in [0.05, 0.1) is 6.42 Å². The average molecular weight is 220 g/mol. The summed E-state index contributed by atoms with van der Waals surface area (Å²) in [5.41, 5.74) is 0.878. The first-order valence-electron chi connectivity index (χ1n) is 4.67. The van der Waals surface area contributed by atoms with Crippen LogP contribution in [0.1, 0.15) is 12.5 Å². The first-order chi connectivity index (χ1) is 7.49. The SMILES string of the molecule is C=C(C)C(=O)Oc1cccc(CC(=O)O)c1. The Kier molecular flexibility index (Phi) is 3.83. The van der Waals surface area contributed by atoms with Gasteiger partial charge in [-0.15, -0.1) is 0 Å². The molecule has 0 aliphatic rings. The molecule has 4 heteroatoms. The summed E-state index contributed by atoms with van der Waals surface area (Å²) < 4.78 is 4.97. The molecule has 0 aliphatic carbocycles. The number of ether oxygens (including phenoxy) is 1. The van der Waals surface area contributed by atoms with Gasteiger partial charge in [-0.3, -0.25) is 4.79 Å². The van der Waals surface area contributed by atoms with Gasteiger partial charge in [0.1, 0.15) is 5.75 Å². The van der Waals surface area contributed by atoms with Crippen LogP contribution in [-0.4, -0.2) is 17.0 Å². The molecule has 16 heavy (non-hydrogen) atoms. The van der Waals surface area contributed by atoms with Crippen molar-refractivity contribution in [3.8, 4) is 5.75 Å². The van der Waals surface area contributed by atoms with E-state index < -0.39 is 11.9 Å². The number of carbonyl (C=O) groups excluding carboxylic acids is 1. The van der Waals surface area contributed by atoms with E-state index in [1.54, 1.807) is 25.1 Å². The molecule has 4 nitrogen and oxygen atoms in total. The molecule has 0 unspecified atom stereocenters. The lowest BCUT2D eigenvalue weighted by Gasteiger charge is -2.04. The van der Waals surface area contributed by atoms with E-state index in [0.29, 0.717) is 16.9 Å². The van der Waals surface area contributed by atoms with E-state index in [-0.39, 0.29) is 6.42 Å². The summed E-state index contributed by atoms with van der Waals surface area (Å²) in [7, 11) is 0. The summed E-state index contributed by atoms with van der Waals surface area (Å²) in [6.45, 7) is 5.00. The van der Waals surface area contributed by atoms with Crippen LogP contribution in [-0.2, 0) is 16.0 Å². The van der Waals surface area contributed by atoms with Gasteiger partial charge in [-0.1, -0.05) is 18.7 Å². The highest BCUT2D eigenvalue weighted by Crippen LogP contribution is 2.15. The Hall–Kier alpha value is -2.10. The number of esters is 1. The fraction of sp³-hybridized carbons (Fsp3) is 0.167. The van der Waals surface area contributed by atoms with Gasteiger partial charge in [-0.2, -0.15) is 0 Å². The Balaban J connectivity index is 2.78. The van der Waals surface area contributed by atoms with E-state index in [2.05, 4.69) is 6.58 Å². The maximum Gasteiger partial charge on any atom is 0.338 e. The lowest BCUT2D eigenvalue weighted by atomic mass is 10.1. The maximum absolute atomic E-state index is 11.2. The predicted molar refractivity (Wildman–Crippen MR) is 58.2 cm³/mol. The highest BCUT2D eigenvalue weighted by Gasteiger charge is 2.06. The van der Waals surface area contributed by atoms with Crippen LogP contribution in [0.5, 0.6) is 5.75 Å². The van der Waals surface area contributed by atoms with Crippen molar-refractivity contribution in [2.24, 2.45) is 0 Å². The van der Waals surface area contributed by atoms with Crippen LogP contribution in [0.25, 0.3) is 0 Å². The number of benzene rings is 1. The summed E-state index contributed by atoms with van der Waals surface area (Å²) >= 11 is 0. The van der Waals surface area contributed by atoms with Crippen LogP contribution in [0.15, 0.2) is 36.4 Å². The molecule has 0 saturated heterocycles. The van der Waals surface area contributed by atoms with Crippen molar-refractivity contribution in [2.75, 3.05) is 0 Å². The van der Waals surface area contributed by atoms with Crippen LogP contribution in [0.2, 0.25) is 0 Å². The Morgan fingerprint density at radius 2 is 2.12 bits per heavy atom. The van der Waals surface area contributed by atoms with Crippen molar-refractivity contribution in [2.45, 2.75) is 13.3 Å². The van der Waals surface area contributed by atoms with Crippen LogP contribution < -0.4 is 4.74 Å². The van der Waals surface area contributed by atoms with Gasteiger partial charge >= 0.3 is 11.9 Å². The molecule has 0 spiro atoms. The summed E-state index contributed by atoms with van der Waals surface area (Å²) in [4.78, 5) is 21.7. The molecule has 0 heterocycles. The Morgan fingerprint density at radius 3 is 2.69 bits per heavy atom. The molecule has 1 rings (SSSR count). The molecular formula is C12H12O4. The minimum atomic E-state index is -0.927. The number of carboxylic acid groups (broad SMARTS) is 1. The molecule has 0 bridgehead atoms. The predicted octanol–water partition coefficient (Wildman–Crippen LogP) is 1.80. The van der Waals surface area contributed by atoms with Gasteiger partial charge in [-0.25, -0.2) is 4.79 Å². The van der Waals surface area contributed by atoms with E-state index in [1.165, 1.54) is 6.07 Å². The molecule has 0 radical (unpaired) electrons. The van der Waals surface area contributed by atoms with Gasteiger partial charge in [-0.05, 0) is 24.6 Å². The second-order valence-electron chi connectivity index (χ2n) is 3.39. The number of carboxylic acids is 1. The first-order valence-corrected chi connectivity index (χ1v) is 4.67. The number of aliphatic carboxylic acids is 1. The smallest absolute Gasteiger partial charge is 0.338 e. The normalized spacial score (nSPS) is 9.56. The third-order valence-electron chi connectivity index (χ3n) is 1.81. The topological polar surface area (TPSA) is 63.6 Å². The van der Waals surface area contributed by atoms with Crippen molar-refractivity contribution in [3.05, 3.63) is 42.0 Å². The zero-order chi connectivity index (χ0) is 12.1. The Bertz CT molecular complexity index is 434. The number of rotatable bonds is 4. The standard InChI is InChI=1S/C12H12O4/c1-8(2)12(15)16-10-5-3-4-9(6-10)7-11(13)14/h3-6H,1,7H2,2H3,(H,13,14). The molecule has 1 N–H and O–H groups in total. The van der Waals surface area contributed by atoms with Gasteiger partial charge in [0.2, 0.25) is 0 Å². The number of hydrogen-bond acceptors (Lipinski definition) is 3. The second-order valence-corrected chi connectivity index (χ2v) is 3.39. The summed E-state index contributed by atoms with van der Waals surface area (Å²) in [5, 5.41) is 8.61. The van der Waals surface area contributed by atoms with Gasteiger partial charge < -0.3 is 9.84 Å². The summed E-state index contributed by atoms with van der Waals surface area (Å²) in [6.07, 6.45) is -0.0987. The molecule has 1 aromatic carbocycles. The molecule has 0 amide bonds. The van der Waals surface area contributed by atoms with E-state index in [4.69, 9.17) is 9.84 Å². The van der Waals surface area contributed by atoms with Gasteiger partial charge in [0.15, 0.2) is 0 Å². The van der Waals surface area contributed by atoms with Crippen LogP contribution in [0, 0.1) is 0 Å². The Labute approximate surface area is 93.2 Å². The summed E-state index contributed by atoms with van der Waals surface area (Å²) in [5.74, 6) is -1.12. The third kappa shape index (κ3) is 3.57. The second kappa shape index (κ2) is 5.11. The van der Waals surface area contributed by atoms with Crippen LogP contribution in [0.3, 0.4) is 0 Å². The van der Waals surface area contributed by atoms with Crippen molar-refractivity contribution in [1.29, 1.82) is 0 Å². The molecule has 1 aromatic rings. The fourth-order valence-electron chi connectivity index (χ4n) is 1.09. The van der Waals surface area contributed by atoms with Gasteiger partial charge in [0.25, 0.3) is 0 Å². The summed E-state index contributed by atoms with van der Waals surface area (Å²) in [6, 6.07) is 6.41. The van der Waals surface area contributed by atoms with Crippen LogP contribution >= 0.6 is 0 Å². The number of carbonyl (C=O) groups is 2. The van der Waals surface area contributed by atoms with E-state index in [1.807, 2.05) is 0 Å². The molecule has 84 valence electrons. The van der Waals surface area contributed by atoms with Crippen molar-refractivity contribution >= 4 is 11.9 Å². The Morgan fingerprint density at radius 1 is 1.44 bits per heavy atom. The quantitative estimate of drug-likeness (QED) is 0.477. The average Bonchev–Trinajstić information content (AvgIpc) is 2.16. The van der Waals surface area contributed by atoms with E-state index >= 15 is 0 Å². The minimum absolute atomic E-state index is 0.0987. The molecule has 0 aromatic heterocycles. The fourth-order valence-corrected chi connectivity index (χ4v) is 1.09. The number of hydrogen-bond donors (Lipinski definition) is 1. The highest BCUT2D eigenvalue weighted by atomic mass is 16.5. The minimum Gasteiger partial charge on any atom is -0.481 e. The van der Waals surface area contributed by atoms with Crippen molar-refractivity contribution < 1.29 is 19.4 Å². The molecular weight excluding hydrogens is 208 g/mol. The van der Waals surface area contributed by atoms with Gasteiger partial charge in [0, 0.05) is 5.57 Å². The highest BCUT2D eigenvalue weighted by molar-refractivity contribution is 5.88. The molecule has 0 aliphatic heterocycles. The lowest BCUT2D eigenvalue weighted by Crippen LogP contribution is -2.08. The molecule has 0 saturated carbocycles. The molecule has 0 atom stereocenters. The lowest BCUT2D eigenvalue weighted by molar-refractivity contribution is -0.136. The maximum atomic E-state index is 11.2. The molecule has 0 fully saturated rings. The third-order valence-corrected chi connectivity index (χ3v) is 1.81.